The van der Waals surface area contributed by atoms with Crippen LogP contribution in [0.2, 0.25) is 5.02 Å². The van der Waals surface area contributed by atoms with Crippen LogP contribution < -0.4 is 11.1 Å². The van der Waals surface area contributed by atoms with E-state index in [2.05, 4.69) is 15.3 Å². The van der Waals surface area contributed by atoms with E-state index >= 15 is 0 Å². The quantitative estimate of drug-likeness (QED) is 0.785. The van der Waals surface area contributed by atoms with Gasteiger partial charge < -0.3 is 10.7 Å². The second-order valence-corrected chi connectivity index (χ2v) is 6.55. The molecular formula is C15H18Cl2N4O. The van der Waals surface area contributed by atoms with Gasteiger partial charge in [0, 0.05) is 6.04 Å². The van der Waals surface area contributed by atoms with Crippen molar-refractivity contribution < 1.29 is 4.79 Å². The first kappa shape index (κ1) is 15.6. The molecule has 1 heterocycles. The van der Waals surface area contributed by atoms with Crippen molar-refractivity contribution in [1.29, 1.82) is 0 Å². The highest BCUT2D eigenvalue weighted by atomic mass is 35.5. The number of para-hydroxylation sites is 1. The maximum absolute atomic E-state index is 12.5. The second kappa shape index (κ2) is 5.72. The fourth-order valence-electron chi connectivity index (χ4n) is 3.98. The van der Waals surface area contributed by atoms with Crippen LogP contribution in [0.25, 0.3) is 11.0 Å². The Morgan fingerprint density at radius 3 is 2.82 bits per heavy atom. The summed E-state index contributed by atoms with van der Waals surface area (Å²) in [6, 6.07) is 5.49. The molecule has 22 heavy (non-hydrogen) atoms. The zero-order chi connectivity index (χ0) is 14.6. The third kappa shape index (κ3) is 2.37. The zero-order valence-electron chi connectivity index (χ0n) is 11.9. The Balaban J connectivity index is 0.00000144. The lowest BCUT2D eigenvalue weighted by molar-refractivity contribution is -0.121. The average Bonchev–Trinajstić information content (AvgIpc) is 3.12. The zero-order valence-corrected chi connectivity index (χ0v) is 13.5. The first-order valence-corrected chi connectivity index (χ1v) is 7.72. The summed E-state index contributed by atoms with van der Waals surface area (Å²) < 4.78 is 0. The van der Waals surface area contributed by atoms with Crippen LogP contribution in [0, 0.1) is 17.8 Å². The number of aromatic amines is 1. The van der Waals surface area contributed by atoms with Crippen LogP contribution in [0.5, 0.6) is 0 Å². The number of hydrogen-bond acceptors (Lipinski definition) is 3. The van der Waals surface area contributed by atoms with Gasteiger partial charge in [-0.1, -0.05) is 17.7 Å². The van der Waals surface area contributed by atoms with E-state index in [1.54, 1.807) is 6.07 Å². The number of rotatable bonds is 2. The molecule has 2 aliphatic rings. The number of nitrogens with two attached hydrogens (primary N) is 1. The molecule has 4 N–H and O–H groups in total. The molecule has 0 spiro atoms. The molecule has 5 nitrogen and oxygen atoms in total. The van der Waals surface area contributed by atoms with Crippen LogP contribution in [0.3, 0.4) is 0 Å². The smallest absolute Gasteiger partial charge is 0.231 e. The Morgan fingerprint density at radius 2 is 2.14 bits per heavy atom. The molecule has 4 unspecified atom stereocenters. The number of carbonyl (C=O) groups excluding carboxylic acids is 1. The molecule has 118 valence electrons. The summed E-state index contributed by atoms with van der Waals surface area (Å²) in [4.78, 5) is 19.9. The molecule has 2 aliphatic carbocycles. The van der Waals surface area contributed by atoms with Crippen molar-refractivity contribution >= 4 is 46.9 Å². The molecular weight excluding hydrogens is 323 g/mol. The van der Waals surface area contributed by atoms with Crippen LogP contribution in [0.4, 0.5) is 5.95 Å². The van der Waals surface area contributed by atoms with Gasteiger partial charge in [-0.25, -0.2) is 4.98 Å². The van der Waals surface area contributed by atoms with Crippen LogP contribution in [0.15, 0.2) is 18.2 Å². The maximum Gasteiger partial charge on any atom is 0.231 e. The topological polar surface area (TPSA) is 83.8 Å². The molecule has 1 aromatic heterocycles. The van der Waals surface area contributed by atoms with Crippen LogP contribution in [-0.4, -0.2) is 21.9 Å². The summed E-state index contributed by atoms with van der Waals surface area (Å²) in [6.45, 7) is 0. The molecule has 7 heteroatoms. The Morgan fingerprint density at radius 1 is 1.36 bits per heavy atom. The molecule has 2 saturated carbocycles. The summed E-state index contributed by atoms with van der Waals surface area (Å²) in [5.74, 6) is 1.27. The SMILES string of the molecule is Cl.NC1C2CCC(C2)C1C(=O)Nc1nc2c(Cl)cccc2[nH]1. The lowest BCUT2D eigenvalue weighted by Gasteiger charge is -2.26. The summed E-state index contributed by atoms with van der Waals surface area (Å²) in [5.41, 5.74) is 7.69. The van der Waals surface area contributed by atoms with Gasteiger partial charge in [0.25, 0.3) is 0 Å². The highest BCUT2D eigenvalue weighted by molar-refractivity contribution is 6.35. The summed E-state index contributed by atoms with van der Waals surface area (Å²) in [7, 11) is 0. The van der Waals surface area contributed by atoms with E-state index in [0.717, 1.165) is 24.8 Å². The molecule has 0 radical (unpaired) electrons. The molecule has 2 aromatic rings. The Bertz CT molecular complexity index is 715. The van der Waals surface area contributed by atoms with E-state index in [1.807, 2.05) is 12.1 Å². The fourth-order valence-corrected chi connectivity index (χ4v) is 4.20. The number of hydrogen-bond donors (Lipinski definition) is 3. The van der Waals surface area contributed by atoms with Gasteiger partial charge >= 0.3 is 0 Å². The highest BCUT2D eigenvalue weighted by Crippen LogP contribution is 2.47. The van der Waals surface area contributed by atoms with E-state index < -0.39 is 0 Å². The van der Waals surface area contributed by atoms with E-state index in [4.69, 9.17) is 17.3 Å². The molecule has 4 rings (SSSR count). The number of anilines is 1. The summed E-state index contributed by atoms with van der Waals surface area (Å²) >= 11 is 6.09. The van der Waals surface area contributed by atoms with Crippen molar-refractivity contribution in [1.82, 2.24) is 9.97 Å². The molecule has 2 fully saturated rings. The Hall–Kier alpha value is -1.30. The third-order valence-electron chi connectivity index (χ3n) is 4.99. The Kier molecular flexibility index (Phi) is 4.05. The molecule has 0 saturated heterocycles. The predicted octanol–water partition coefficient (Wildman–Crippen LogP) is 2.95. The molecule has 2 bridgehead atoms. The van der Waals surface area contributed by atoms with Crippen LogP contribution >= 0.6 is 24.0 Å². The first-order valence-electron chi connectivity index (χ1n) is 7.34. The largest absolute Gasteiger partial charge is 0.327 e. The summed E-state index contributed by atoms with van der Waals surface area (Å²) in [5, 5.41) is 3.44. The number of nitrogens with one attached hydrogen (secondary N) is 2. The summed E-state index contributed by atoms with van der Waals surface area (Å²) in [6.07, 6.45) is 3.36. The fraction of sp³-hybridized carbons (Fsp3) is 0.467. The van der Waals surface area contributed by atoms with Gasteiger partial charge in [-0.2, -0.15) is 0 Å². The number of benzene rings is 1. The number of nitrogens with zero attached hydrogens (tertiary/aromatic N) is 1. The molecule has 4 atom stereocenters. The lowest BCUT2D eigenvalue weighted by Crippen LogP contribution is -2.42. The van der Waals surface area contributed by atoms with Gasteiger partial charge in [-0.15, -0.1) is 12.4 Å². The van der Waals surface area contributed by atoms with E-state index in [0.29, 0.717) is 28.3 Å². The maximum atomic E-state index is 12.5. The normalized spacial score (nSPS) is 29.5. The predicted molar refractivity (Wildman–Crippen MR) is 89.3 cm³/mol. The minimum atomic E-state index is -0.0903. The number of carbonyl (C=O) groups is 1. The van der Waals surface area contributed by atoms with Crippen molar-refractivity contribution in [3.8, 4) is 0 Å². The monoisotopic (exact) mass is 340 g/mol. The van der Waals surface area contributed by atoms with Crippen LogP contribution in [0.1, 0.15) is 19.3 Å². The van der Waals surface area contributed by atoms with Crippen molar-refractivity contribution in [3.63, 3.8) is 0 Å². The third-order valence-corrected chi connectivity index (χ3v) is 5.29. The standard InChI is InChI=1S/C15H17ClN4O.ClH/c16-9-2-1-3-10-13(9)19-15(18-10)20-14(21)11-7-4-5-8(6-7)12(11)17;/h1-3,7-8,11-12H,4-6,17H2,(H2,18,19,20,21);1H. The van der Waals surface area contributed by atoms with Gasteiger partial charge in [0.15, 0.2) is 0 Å². The number of amides is 1. The molecule has 1 amide bonds. The number of H-pyrrole nitrogens is 1. The average molecular weight is 341 g/mol. The van der Waals surface area contributed by atoms with Crippen molar-refractivity contribution in [2.24, 2.45) is 23.5 Å². The number of aromatic nitrogens is 2. The van der Waals surface area contributed by atoms with Crippen LogP contribution in [-0.2, 0) is 4.79 Å². The number of fused-ring (bicyclic) bond motifs is 3. The molecule has 0 aliphatic heterocycles. The lowest BCUT2D eigenvalue weighted by atomic mass is 9.84. The van der Waals surface area contributed by atoms with Crippen molar-refractivity contribution in [2.45, 2.75) is 25.3 Å². The van der Waals surface area contributed by atoms with E-state index in [9.17, 15) is 4.79 Å². The first-order chi connectivity index (χ1) is 10.1. The second-order valence-electron chi connectivity index (χ2n) is 6.15. The number of halogens is 2. The Labute approximate surface area is 139 Å². The van der Waals surface area contributed by atoms with Gasteiger partial charge in [0.1, 0.15) is 5.52 Å². The van der Waals surface area contributed by atoms with Gasteiger partial charge in [-0.3, -0.25) is 10.1 Å². The highest BCUT2D eigenvalue weighted by Gasteiger charge is 2.49. The minimum Gasteiger partial charge on any atom is -0.327 e. The van der Waals surface area contributed by atoms with E-state index in [-0.39, 0.29) is 30.3 Å². The van der Waals surface area contributed by atoms with Gasteiger partial charge in [0.2, 0.25) is 11.9 Å². The minimum absolute atomic E-state index is 0. The van der Waals surface area contributed by atoms with E-state index in [1.165, 1.54) is 0 Å². The van der Waals surface area contributed by atoms with Crippen molar-refractivity contribution in [3.05, 3.63) is 23.2 Å². The van der Waals surface area contributed by atoms with Gasteiger partial charge in [-0.05, 0) is 43.2 Å². The molecule has 1 aromatic carbocycles. The number of imidazole rings is 1. The van der Waals surface area contributed by atoms with Crippen molar-refractivity contribution in [2.75, 3.05) is 5.32 Å². The van der Waals surface area contributed by atoms with Gasteiger partial charge in [0.05, 0.1) is 16.5 Å².